The van der Waals surface area contributed by atoms with Crippen molar-refractivity contribution in [3.8, 4) is 5.75 Å². The molecule has 6 nitrogen and oxygen atoms in total. The number of amides is 1. The van der Waals surface area contributed by atoms with Crippen molar-refractivity contribution in [2.45, 2.75) is 20.4 Å². The summed E-state index contributed by atoms with van der Waals surface area (Å²) in [6.45, 7) is 5.16. The number of hydrogen-bond donors (Lipinski definition) is 2. The van der Waals surface area contributed by atoms with Crippen molar-refractivity contribution in [2.24, 2.45) is 0 Å². The van der Waals surface area contributed by atoms with Crippen LogP contribution in [-0.2, 0) is 6.54 Å². The Bertz CT molecular complexity index is 893. The number of aromatic nitrogens is 2. The third kappa shape index (κ3) is 5.28. The van der Waals surface area contributed by atoms with Crippen molar-refractivity contribution >= 4 is 17.5 Å². The predicted octanol–water partition coefficient (Wildman–Crippen LogP) is 4.05. The van der Waals surface area contributed by atoms with Crippen LogP contribution < -0.4 is 15.4 Å². The van der Waals surface area contributed by atoms with Crippen LogP contribution in [0.3, 0.4) is 0 Å². The van der Waals surface area contributed by atoms with E-state index in [0.29, 0.717) is 30.5 Å². The van der Waals surface area contributed by atoms with Crippen LogP contribution in [-0.4, -0.2) is 22.5 Å². The Kier molecular flexibility index (Phi) is 5.99. The van der Waals surface area contributed by atoms with Crippen molar-refractivity contribution in [2.75, 3.05) is 17.2 Å². The molecular formula is C21H22N4O2. The summed E-state index contributed by atoms with van der Waals surface area (Å²) < 4.78 is 5.39. The van der Waals surface area contributed by atoms with Gasteiger partial charge in [-0.2, -0.15) is 0 Å². The number of nitrogens with one attached hydrogen (secondary N) is 2. The molecule has 0 aliphatic heterocycles. The van der Waals surface area contributed by atoms with Gasteiger partial charge in [0.15, 0.2) is 0 Å². The molecule has 27 heavy (non-hydrogen) atoms. The number of aryl methyl sites for hydroxylation is 1. The number of nitrogens with zero attached hydrogens (tertiary/aromatic N) is 2. The van der Waals surface area contributed by atoms with Crippen LogP contribution in [0.5, 0.6) is 5.75 Å². The molecular weight excluding hydrogens is 340 g/mol. The molecule has 2 aromatic carbocycles. The number of rotatable bonds is 7. The van der Waals surface area contributed by atoms with Crippen molar-refractivity contribution in [1.82, 2.24) is 9.97 Å². The van der Waals surface area contributed by atoms with Crippen LogP contribution in [0.2, 0.25) is 0 Å². The monoisotopic (exact) mass is 362 g/mol. The Labute approximate surface area is 158 Å². The van der Waals surface area contributed by atoms with Gasteiger partial charge in [0.1, 0.15) is 11.4 Å². The number of anilines is 2. The summed E-state index contributed by atoms with van der Waals surface area (Å²) in [6.07, 6.45) is 1.57. The molecule has 3 aromatic rings. The van der Waals surface area contributed by atoms with Crippen LogP contribution in [0.4, 0.5) is 11.6 Å². The highest BCUT2D eigenvalue weighted by Crippen LogP contribution is 2.16. The van der Waals surface area contributed by atoms with E-state index < -0.39 is 0 Å². The number of benzene rings is 2. The van der Waals surface area contributed by atoms with Gasteiger partial charge in [0.2, 0.25) is 5.95 Å². The molecule has 3 rings (SSSR count). The minimum atomic E-state index is -0.292. The Morgan fingerprint density at radius 2 is 1.78 bits per heavy atom. The standard InChI is InChI=1S/C21H22N4O2/c1-3-27-18-10-8-17(9-11-18)24-20(26)19-12-13-22-21(25-19)23-14-16-6-4-15(2)5-7-16/h4-13H,3,14H2,1-2H3,(H,24,26)(H,22,23,25). The van der Waals surface area contributed by atoms with Gasteiger partial charge in [-0.25, -0.2) is 9.97 Å². The summed E-state index contributed by atoms with van der Waals surface area (Å²) in [5, 5.41) is 5.96. The van der Waals surface area contributed by atoms with E-state index in [-0.39, 0.29) is 5.91 Å². The van der Waals surface area contributed by atoms with Gasteiger partial charge in [0, 0.05) is 18.4 Å². The normalized spacial score (nSPS) is 10.3. The highest BCUT2D eigenvalue weighted by atomic mass is 16.5. The second kappa shape index (κ2) is 8.80. The minimum Gasteiger partial charge on any atom is -0.494 e. The minimum absolute atomic E-state index is 0.292. The van der Waals surface area contributed by atoms with Crippen LogP contribution in [0.15, 0.2) is 60.8 Å². The highest BCUT2D eigenvalue weighted by Gasteiger charge is 2.09. The molecule has 6 heteroatoms. The number of hydrogen-bond acceptors (Lipinski definition) is 5. The van der Waals surface area contributed by atoms with Crippen LogP contribution in [0, 0.1) is 6.92 Å². The maximum absolute atomic E-state index is 12.4. The lowest BCUT2D eigenvalue weighted by molar-refractivity contribution is 0.102. The van der Waals surface area contributed by atoms with Gasteiger partial charge >= 0.3 is 0 Å². The molecule has 0 radical (unpaired) electrons. The fourth-order valence-electron chi connectivity index (χ4n) is 2.45. The first-order valence-electron chi connectivity index (χ1n) is 8.80. The molecule has 0 bridgehead atoms. The first-order valence-corrected chi connectivity index (χ1v) is 8.80. The van der Waals surface area contributed by atoms with E-state index in [2.05, 4.69) is 32.7 Å². The first kappa shape index (κ1) is 18.4. The highest BCUT2D eigenvalue weighted by molar-refractivity contribution is 6.02. The third-order valence-corrected chi connectivity index (χ3v) is 3.88. The molecule has 1 aromatic heterocycles. The summed E-state index contributed by atoms with van der Waals surface area (Å²) in [4.78, 5) is 20.9. The molecule has 0 aliphatic carbocycles. The smallest absolute Gasteiger partial charge is 0.274 e. The second-order valence-electron chi connectivity index (χ2n) is 6.02. The SMILES string of the molecule is CCOc1ccc(NC(=O)c2ccnc(NCc3ccc(C)cc3)n2)cc1. The van der Waals surface area contributed by atoms with Gasteiger partial charge < -0.3 is 15.4 Å². The Morgan fingerprint density at radius 1 is 1.04 bits per heavy atom. The summed E-state index contributed by atoms with van der Waals surface area (Å²) in [7, 11) is 0. The lowest BCUT2D eigenvalue weighted by atomic mass is 10.1. The molecule has 0 spiro atoms. The average Bonchev–Trinajstić information content (AvgIpc) is 2.69. The largest absolute Gasteiger partial charge is 0.494 e. The van der Waals surface area contributed by atoms with E-state index >= 15 is 0 Å². The fourth-order valence-corrected chi connectivity index (χ4v) is 2.45. The maximum Gasteiger partial charge on any atom is 0.274 e. The lowest BCUT2D eigenvalue weighted by Crippen LogP contribution is -2.15. The van der Waals surface area contributed by atoms with E-state index in [1.54, 1.807) is 24.4 Å². The molecule has 0 saturated carbocycles. The van der Waals surface area contributed by atoms with Crippen molar-refractivity contribution in [3.05, 3.63) is 77.6 Å². The van der Waals surface area contributed by atoms with Crippen LogP contribution in [0.25, 0.3) is 0 Å². The molecule has 0 saturated heterocycles. The molecule has 1 amide bonds. The van der Waals surface area contributed by atoms with Crippen LogP contribution in [0.1, 0.15) is 28.5 Å². The van der Waals surface area contributed by atoms with Gasteiger partial charge in [0.25, 0.3) is 5.91 Å². The van der Waals surface area contributed by atoms with Gasteiger partial charge in [0.05, 0.1) is 6.61 Å². The molecule has 1 heterocycles. The Hall–Kier alpha value is -3.41. The van der Waals surface area contributed by atoms with Gasteiger partial charge in [-0.05, 0) is 49.7 Å². The molecule has 0 fully saturated rings. The van der Waals surface area contributed by atoms with E-state index in [1.807, 2.05) is 38.1 Å². The fraction of sp³-hybridized carbons (Fsp3) is 0.190. The molecule has 2 N–H and O–H groups in total. The second-order valence-corrected chi connectivity index (χ2v) is 6.02. The maximum atomic E-state index is 12.4. The molecule has 138 valence electrons. The Balaban J connectivity index is 1.61. The molecule has 0 aliphatic rings. The topological polar surface area (TPSA) is 76.1 Å². The molecule has 0 atom stereocenters. The van der Waals surface area contributed by atoms with Gasteiger partial charge in [-0.1, -0.05) is 29.8 Å². The number of carbonyl (C=O) groups excluding carboxylic acids is 1. The van der Waals surface area contributed by atoms with E-state index in [4.69, 9.17) is 4.74 Å². The predicted molar refractivity (Wildman–Crippen MR) is 106 cm³/mol. The summed E-state index contributed by atoms with van der Waals surface area (Å²) in [5.74, 6) is 0.884. The zero-order valence-electron chi connectivity index (χ0n) is 15.4. The zero-order valence-corrected chi connectivity index (χ0v) is 15.4. The van der Waals surface area contributed by atoms with Crippen LogP contribution >= 0.6 is 0 Å². The van der Waals surface area contributed by atoms with Gasteiger partial charge in [-0.15, -0.1) is 0 Å². The number of carbonyl (C=O) groups is 1. The molecule has 0 unspecified atom stereocenters. The van der Waals surface area contributed by atoms with E-state index in [1.165, 1.54) is 5.56 Å². The van der Waals surface area contributed by atoms with E-state index in [9.17, 15) is 4.79 Å². The lowest BCUT2D eigenvalue weighted by Gasteiger charge is -2.08. The van der Waals surface area contributed by atoms with E-state index in [0.717, 1.165) is 11.3 Å². The van der Waals surface area contributed by atoms with Crippen molar-refractivity contribution in [1.29, 1.82) is 0 Å². The zero-order chi connectivity index (χ0) is 19.1. The number of ether oxygens (including phenoxy) is 1. The summed E-state index contributed by atoms with van der Waals surface area (Å²) in [6, 6.07) is 17.0. The Morgan fingerprint density at radius 3 is 2.48 bits per heavy atom. The third-order valence-electron chi connectivity index (χ3n) is 3.88. The van der Waals surface area contributed by atoms with Crippen molar-refractivity contribution < 1.29 is 9.53 Å². The van der Waals surface area contributed by atoms with Gasteiger partial charge in [-0.3, -0.25) is 4.79 Å². The average molecular weight is 362 g/mol. The summed E-state index contributed by atoms with van der Waals surface area (Å²) in [5.41, 5.74) is 3.30. The first-order chi connectivity index (χ1) is 13.1. The van der Waals surface area contributed by atoms with Crippen molar-refractivity contribution in [3.63, 3.8) is 0 Å². The quantitative estimate of drug-likeness (QED) is 0.663. The summed E-state index contributed by atoms with van der Waals surface area (Å²) >= 11 is 0.